The van der Waals surface area contributed by atoms with Crippen molar-refractivity contribution >= 4 is 0 Å². The minimum atomic E-state index is -0.205. The Balaban J connectivity index is 2.07. The van der Waals surface area contributed by atoms with Crippen molar-refractivity contribution in [1.29, 1.82) is 0 Å². The second-order valence-corrected chi connectivity index (χ2v) is 5.06. The molecule has 2 N–H and O–H groups in total. The molecule has 0 saturated heterocycles. The maximum Gasteiger partial charge on any atom is 0.167 e. The first-order valence-electron chi connectivity index (χ1n) is 6.44. The summed E-state index contributed by atoms with van der Waals surface area (Å²) >= 11 is 0. The molecule has 0 amide bonds. The van der Waals surface area contributed by atoms with Gasteiger partial charge in [-0.3, -0.25) is 0 Å². The van der Waals surface area contributed by atoms with E-state index >= 15 is 0 Å². The highest BCUT2D eigenvalue weighted by Crippen LogP contribution is 2.45. The van der Waals surface area contributed by atoms with Gasteiger partial charge in [-0.1, -0.05) is 6.07 Å². The van der Waals surface area contributed by atoms with Crippen LogP contribution in [-0.4, -0.2) is 20.3 Å². The van der Waals surface area contributed by atoms with E-state index in [-0.39, 0.29) is 5.54 Å². The number of nitrogens with two attached hydrogens (primary N) is 1. The molecular weight excluding hydrogens is 230 g/mol. The third-order valence-electron chi connectivity index (χ3n) is 3.88. The van der Waals surface area contributed by atoms with Gasteiger partial charge in [0, 0.05) is 18.2 Å². The normalized spacial score (nSPS) is 20.3. The fraction of sp³-hybridized carbons (Fsp3) is 0.571. The summed E-state index contributed by atoms with van der Waals surface area (Å²) in [5, 5.41) is 0. The van der Waals surface area contributed by atoms with E-state index in [2.05, 4.69) is 6.07 Å². The highest BCUT2D eigenvalue weighted by atomic mass is 16.6. The third kappa shape index (κ3) is 1.76. The lowest BCUT2D eigenvalue weighted by molar-refractivity contribution is 0.148. The van der Waals surface area contributed by atoms with Crippen LogP contribution in [0.15, 0.2) is 12.1 Å². The molecule has 1 aromatic carbocycles. The minimum absolute atomic E-state index is 0.205. The Morgan fingerprint density at radius 2 is 2.06 bits per heavy atom. The van der Waals surface area contributed by atoms with Crippen LogP contribution >= 0.6 is 0 Å². The number of rotatable bonds is 3. The van der Waals surface area contributed by atoms with Gasteiger partial charge in [0.1, 0.15) is 13.2 Å². The average Bonchev–Trinajstić information content (AvgIpc) is 2.37. The molecule has 1 fully saturated rings. The molecule has 1 aliphatic heterocycles. The maximum atomic E-state index is 6.44. The lowest BCUT2D eigenvalue weighted by Crippen LogP contribution is -2.44. The maximum absolute atomic E-state index is 6.44. The van der Waals surface area contributed by atoms with E-state index in [9.17, 15) is 0 Å². The second-order valence-electron chi connectivity index (χ2n) is 5.06. The Kier molecular flexibility index (Phi) is 2.92. The van der Waals surface area contributed by atoms with Crippen LogP contribution in [-0.2, 0) is 16.9 Å². The van der Waals surface area contributed by atoms with E-state index in [0.29, 0.717) is 19.8 Å². The summed E-state index contributed by atoms with van der Waals surface area (Å²) in [5.74, 6) is 1.62. The monoisotopic (exact) mass is 249 g/mol. The van der Waals surface area contributed by atoms with Gasteiger partial charge in [-0.2, -0.15) is 0 Å². The van der Waals surface area contributed by atoms with Crippen LogP contribution in [0.5, 0.6) is 11.5 Å². The molecule has 0 aromatic heterocycles. The Bertz CT molecular complexity index is 455. The van der Waals surface area contributed by atoms with E-state index in [0.717, 1.165) is 35.5 Å². The van der Waals surface area contributed by atoms with Crippen molar-refractivity contribution < 1.29 is 14.2 Å². The zero-order valence-electron chi connectivity index (χ0n) is 10.7. The first-order chi connectivity index (χ1) is 8.74. The van der Waals surface area contributed by atoms with E-state index in [1.54, 1.807) is 7.11 Å². The summed E-state index contributed by atoms with van der Waals surface area (Å²) in [7, 11) is 1.69. The largest absolute Gasteiger partial charge is 0.486 e. The molecule has 0 atom stereocenters. The first kappa shape index (κ1) is 11.8. The fourth-order valence-corrected chi connectivity index (χ4v) is 2.75. The van der Waals surface area contributed by atoms with Gasteiger partial charge < -0.3 is 19.9 Å². The molecule has 1 saturated carbocycles. The molecule has 4 heteroatoms. The van der Waals surface area contributed by atoms with Crippen molar-refractivity contribution in [3.8, 4) is 11.5 Å². The molecule has 0 spiro atoms. The van der Waals surface area contributed by atoms with Gasteiger partial charge in [-0.05, 0) is 30.9 Å². The molecule has 1 aliphatic carbocycles. The molecule has 0 unspecified atom stereocenters. The minimum Gasteiger partial charge on any atom is -0.486 e. The summed E-state index contributed by atoms with van der Waals surface area (Å²) in [6.07, 6.45) is 3.25. The Morgan fingerprint density at radius 3 is 2.72 bits per heavy atom. The first-order valence-corrected chi connectivity index (χ1v) is 6.44. The second kappa shape index (κ2) is 4.44. The van der Waals surface area contributed by atoms with Crippen molar-refractivity contribution in [3.05, 3.63) is 23.3 Å². The van der Waals surface area contributed by atoms with Gasteiger partial charge in [0.15, 0.2) is 11.5 Å². The molecule has 4 nitrogen and oxygen atoms in total. The van der Waals surface area contributed by atoms with Crippen LogP contribution in [0.25, 0.3) is 0 Å². The van der Waals surface area contributed by atoms with Crippen molar-refractivity contribution in [3.63, 3.8) is 0 Å². The molecule has 3 rings (SSSR count). The molecule has 0 radical (unpaired) electrons. The van der Waals surface area contributed by atoms with E-state index in [1.807, 2.05) is 6.07 Å². The molecular formula is C14H19NO3. The highest BCUT2D eigenvalue weighted by molar-refractivity contribution is 5.53. The molecule has 18 heavy (non-hydrogen) atoms. The number of fused-ring (bicyclic) bond motifs is 1. The van der Waals surface area contributed by atoms with Gasteiger partial charge in [0.05, 0.1) is 6.61 Å². The van der Waals surface area contributed by atoms with Crippen LogP contribution in [0, 0.1) is 0 Å². The predicted octanol–water partition coefficient (Wildman–Crippen LogP) is 1.94. The van der Waals surface area contributed by atoms with Crippen LogP contribution < -0.4 is 15.2 Å². The van der Waals surface area contributed by atoms with Gasteiger partial charge in [0.25, 0.3) is 0 Å². The van der Waals surface area contributed by atoms with E-state index in [1.165, 1.54) is 6.42 Å². The van der Waals surface area contributed by atoms with Crippen molar-refractivity contribution in [1.82, 2.24) is 0 Å². The third-order valence-corrected chi connectivity index (χ3v) is 3.88. The zero-order valence-corrected chi connectivity index (χ0v) is 10.7. The zero-order chi connectivity index (χ0) is 12.6. The van der Waals surface area contributed by atoms with Gasteiger partial charge in [-0.15, -0.1) is 0 Å². The molecule has 1 heterocycles. The van der Waals surface area contributed by atoms with Crippen LogP contribution in [0.2, 0.25) is 0 Å². The lowest BCUT2D eigenvalue weighted by atomic mass is 9.71. The highest BCUT2D eigenvalue weighted by Gasteiger charge is 2.37. The number of hydrogen-bond acceptors (Lipinski definition) is 4. The Labute approximate surface area is 107 Å². The number of benzene rings is 1. The Hall–Kier alpha value is -1.26. The van der Waals surface area contributed by atoms with Crippen LogP contribution in [0.4, 0.5) is 0 Å². The van der Waals surface area contributed by atoms with Gasteiger partial charge in [0.2, 0.25) is 0 Å². The molecule has 0 bridgehead atoms. The molecule has 2 aliphatic rings. The van der Waals surface area contributed by atoms with Crippen LogP contribution in [0.1, 0.15) is 30.4 Å². The van der Waals surface area contributed by atoms with Crippen molar-refractivity contribution in [2.24, 2.45) is 5.73 Å². The summed E-state index contributed by atoms with van der Waals surface area (Å²) < 4.78 is 16.7. The standard InChI is InChI=1S/C14H19NO3/c1-16-9-10-11(14(15)5-2-6-14)3-4-12-13(10)18-8-7-17-12/h3-4H,2,5-9,15H2,1H3. The quantitative estimate of drug-likeness (QED) is 0.889. The van der Waals surface area contributed by atoms with E-state index in [4.69, 9.17) is 19.9 Å². The smallest absolute Gasteiger partial charge is 0.167 e. The SMILES string of the molecule is COCc1c(C2(N)CCC2)ccc2c1OCCO2. The number of methoxy groups -OCH3 is 1. The predicted molar refractivity (Wildman–Crippen MR) is 67.9 cm³/mol. The Morgan fingerprint density at radius 1 is 1.28 bits per heavy atom. The number of ether oxygens (including phenoxy) is 3. The van der Waals surface area contributed by atoms with Gasteiger partial charge in [-0.25, -0.2) is 0 Å². The lowest BCUT2D eigenvalue weighted by Gasteiger charge is -2.40. The topological polar surface area (TPSA) is 53.7 Å². The van der Waals surface area contributed by atoms with E-state index < -0.39 is 0 Å². The summed E-state index contributed by atoms with van der Waals surface area (Å²) in [6.45, 7) is 1.71. The van der Waals surface area contributed by atoms with Crippen molar-refractivity contribution in [2.75, 3.05) is 20.3 Å². The summed E-state index contributed by atoms with van der Waals surface area (Å²) in [6, 6.07) is 4.04. The summed E-state index contributed by atoms with van der Waals surface area (Å²) in [5.41, 5.74) is 8.44. The summed E-state index contributed by atoms with van der Waals surface area (Å²) in [4.78, 5) is 0. The van der Waals surface area contributed by atoms with Crippen molar-refractivity contribution in [2.45, 2.75) is 31.4 Å². The molecule has 1 aromatic rings. The average molecular weight is 249 g/mol. The molecule has 98 valence electrons. The fourth-order valence-electron chi connectivity index (χ4n) is 2.75. The van der Waals surface area contributed by atoms with Crippen LogP contribution in [0.3, 0.4) is 0 Å². The van der Waals surface area contributed by atoms with Gasteiger partial charge >= 0.3 is 0 Å². The number of hydrogen-bond donors (Lipinski definition) is 1.